The van der Waals surface area contributed by atoms with Crippen molar-refractivity contribution in [2.75, 3.05) is 25.1 Å². The van der Waals surface area contributed by atoms with Gasteiger partial charge in [0.1, 0.15) is 23.8 Å². The van der Waals surface area contributed by atoms with E-state index in [1.807, 2.05) is 0 Å². The molecule has 0 bridgehead atoms. The number of furan rings is 1. The fourth-order valence-corrected chi connectivity index (χ4v) is 4.24. The smallest absolute Gasteiger partial charge is 0.264 e. The molecule has 1 amide bonds. The van der Waals surface area contributed by atoms with Gasteiger partial charge in [0.25, 0.3) is 10.0 Å². The molecular weight excluding hydrogens is 408 g/mol. The molecule has 0 saturated heterocycles. The Morgan fingerprint density at radius 3 is 2.43 bits per heavy atom. The summed E-state index contributed by atoms with van der Waals surface area (Å²) >= 11 is 0. The van der Waals surface area contributed by atoms with Gasteiger partial charge < -0.3 is 19.2 Å². The van der Waals surface area contributed by atoms with Crippen molar-refractivity contribution < 1.29 is 27.1 Å². The van der Waals surface area contributed by atoms with Crippen LogP contribution < -0.4 is 19.1 Å². The molecule has 0 unspecified atom stereocenters. The molecule has 2 aromatic carbocycles. The minimum Gasteiger partial charge on any atom is -0.497 e. The number of anilines is 1. The Morgan fingerprint density at radius 2 is 1.80 bits per heavy atom. The van der Waals surface area contributed by atoms with Crippen LogP contribution in [0.15, 0.2) is 76.2 Å². The minimum atomic E-state index is -4.07. The molecule has 8 nitrogen and oxygen atoms in total. The topological polar surface area (TPSA) is 98.1 Å². The maximum absolute atomic E-state index is 13.4. The summed E-state index contributed by atoms with van der Waals surface area (Å²) in [5, 5.41) is 2.66. The van der Waals surface area contributed by atoms with E-state index in [4.69, 9.17) is 13.9 Å². The molecule has 30 heavy (non-hydrogen) atoms. The van der Waals surface area contributed by atoms with Crippen LogP contribution in [0.3, 0.4) is 0 Å². The van der Waals surface area contributed by atoms with E-state index in [0.29, 0.717) is 11.5 Å². The van der Waals surface area contributed by atoms with Crippen molar-refractivity contribution in [1.29, 1.82) is 0 Å². The van der Waals surface area contributed by atoms with Gasteiger partial charge in [0.05, 0.1) is 37.6 Å². The lowest BCUT2D eigenvalue weighted by atomic mass is 10.2. The lowest BCUT2D eigenvalue weighted by Gasteiger charge is -2.26. The lowest BCUT2D eigenvalue weighted by Crippen LogP contribution is -2.40. The van der Waals surface area contributed by atoms with Gasteiger partial charge in [-0.05, 0) is 36.4 Å². The molecule has 1 N–H and O–H groups in total. The first-order valence-electron chi connectivity index (χ1n) is 9.04. The third kappa shape index (κ3) is 4.74. The van der Waals surface area contributed by atoms with E-state index in [9.17, 15) is 13.2 Å². The van der Waals surface area contributed by atoms with E-state index in [0.717, 1.165) is 4.31 Å². The normalized spacial score (nSPS) is 11.0. The monoisotopic (exact) mass is 430 g/mol. The number of nitrogens with one attached hydrogen (secondary N) is 1. The molecule has 9 heteroatoms. The maximum atomic E-state index is 13.4. The third-order valence-corrected chi connectivity index (χ3v) is 6.09. The Labute approximate surface area is 175 Å². The summed E-state index contributed by atoms with van der Waals surface area (Å²) in [6.45, 7) is -0.318. The summed E-state index contributed by atoms with van der Waals surface area (Å²) in [5.74, 6) is 0.764. The van der Waals surface area contributed by atoms with Gasteiger partial charge in [-0.3, -0.25) is 9.10 Å². The largest absolute Gasteiger partial charge is 0.497 e. The quantitative estimate of drug-likeness (QED) is 0.561. The molecule has 0 aliphatic heterocycles. The van der Waals surface area contributed by atoms with Gasteiger partial charge in [0.15, 0.2) is 0 Å². The summed E-state index contributed by atoms with van der Waals surface area (Å²) in [6.07, 6.45) is 1.49. The van der Waals surface area contributed by atoms with Gasteiger partial charge in [-0.15, -0.1) is 0 Å². The number of hydrogen-bond donors (Lipinski definition) is 1. The second-order valence-corrected chi connectivity index (χ2v) is 8.08. The van der Waals surface area contributed by atoms with Crippen LogP contribution in [0.1, 0.15) is 5.76 Å². The molecule has 3 aromatic rings. The first-order chi connectivity index (χ1) is 14.5. The fraction of sp³-hybridized carbons (Fsp3) is 0.190. The van der Waals surface area contributed by atoms with E-state index in [1.165, 1.54) is 38.7 Å². The summed E-state index contributed by atoms with van der Waals surface area (Å²) in [7, 11) is -1.17. The molecule has 0 aliphatic rings. The Bertz CT molecular complexity index is 1080. The molecule has 1 aromatic heterocycles. The van der Waals surface area contributed by atoms with E-state index in [2.05, 4.69) is 5.32 Å². The van der Waals surface area contributed by atoms with Gasteiger partial charge in [0.2, 0.25) is 5.91 Å². The van der Waals surface area contributed by atoms with Crippen molar-refractivity contribution in [3.05, 3.63) is 72.7 Å². The minimum absolute atomic E-state index is 0.0497. The SMILES string of the molecule is COc1ccc(OC)c(N(CC(=O)NCc2ccco2)S(=O)(=O)c2ccccc2)c1. The zero-order valence-corrected chi connectivity index (χ0v) is 17.4. The van der Waals surface area contributed by atoms with Crippen molar-refractivity contribution in [3.8, 4) is 11.5 Å². The average Bonchev–Trinajstić information content (AvgIpc) is 3.30. The highest BCUT2D eigenvalue weighted by molar-refractivity contribution is 7.92. The second-order valence-electron chi connectivity index (χ2n) is 6.22. The van der Waals surface area contributed by atoms with Crippen LogP contribution in [-0.2, 0) is 21.4 Å². The zero-order chi connectivity index (χ0) is 21.6. The third-order valence-electron chi connectivity index (χ3n) is 4.31. The Balaban J connectivity index is 1.98. The van der Waals surface area contributed by atoms with Crippen LogP contribution in [0, 0.1) is 0 Å². The number of sulfonamides is 1. The van der Waals surface area contributed by atoms with Crippen LogP contribution in [-0.4, -0.2) is 35.1 Å². The lowest BCUT2D eigenvalue weighted by molar-refractivity contribution is -0.119. The summed E-state index contributed by atoms with van der Waals surface area (Å²) < 4.78 is 43.6. The number of ether oxygens (including phenoxy) is 2. The van der Waals surface area contributed by atoms with E-state index < -0.39 is 22.5 Å². The van der Waals surface area contributed by atoms with Gasteiger partial charge in [-0.2, -0.15) is 0 Å². The molecule has 158 valence electrons. The molecule has 1 heterocycles. The Hall–Kier alpha value is -3.46. The number of carbonyl (C=O) groups excluding carboxylic acids is 1. The molecular formula is C21H22N2O6S. The number of methoxy groups -OCH3 is 2. The highest BCUT2D eigenvalue weighted by Crippen LogP contribution is 2.35. The summed E-state index contributed by atoms with van der Waals surface area (Å²) in [5.41, 5.74) is 0.189. The molecule has 0 atom stereocenters. The number of amides is 1. The highest BCUT2D eigenvalue weighted by Gasteiger charge is 2.29. The van der Waals surface area contributed by atoms with Crippen LogP contribution >= 0.6 is 0 Å². The number of carbonyl (C=O) groups is 1. The Morgan fingerprint density at radius 1 is 1.03 bits per heavy atom. The summed E-state index contributed by atoms with van der Waals surface area (Å²) in [6, 6.07) is 16.0. The van der Waals surface area contributed by atoms with Crippen molar-refractivity contribution >= 4 is 21.6 Å². The molecule has 0 spiro atoms. The van der Waals surface area contributed by atoms with Gasteiger partial charge in [0, 0.05) is 6.07 Å². The first kappa shape index (κ1) is 21.3. The predicted molar refractivity (Wildman–Crippen MR) is 111 cm³/mol. The number of benzene rings is 2. The zero-order valence-electron chi connectivity index (χ0n) is 16.6. The van der Waals surface area contributed by atoms with Gasteiger partial charge in [-0.1, -0.05) is 18.2 Å². The van der Waals surface area contributed by atoms with Gasteiger partial charge in [-0.25, -0.2) is 8.42 Å². The molecule has 0 saturated carbocycles. The van der Waals surface area contributed by atoms with Crippen molar-refractivity contribution in [3.63, 3.8) is 0 Å². The van der Waals surface area contributed by atoms with Crippen molar-refractivity contribution in [2.45, 2.75) is 11.4 Å². The standard InChI is InChI=1S/C21H22N2O6S/c1-27-16-10-11-20(28-2)19(13-16)23(30(25,26)18-8-4-3-5-9-18)15-21(24)22-14-17-7-6-12-29-17/h3-13H,14-15H2,1-2H3,(H,22,24). The van der Waals surface area contributed by atoms with Crippen LogP contribution in [0.25, 0.3) is 0 Å². The average molecular weight is 430 g/mol. The molecule has 0 fully saturated rings. The second kappa shape index (κ2) is 9.36. The fourth-order valence-electron chi connectivity index (χ4n) is 2.80. The molecule has 3 rings (SSSR count). The molecule has 0 radical (unpaired) electrons. The number of nitrogens with zero attached hydrogens (tertiary/aromatic N) is 1. The predicted octanol–water partition coefficient (Wildman–Crippen LogP) is 2.81. The molecule has 0 aliphatic carbocycles. The number of rotatable bonds is 9. The maximum Gasteiger partial charge on any atom is 0.264 e. The van der Waals surface area contributed by atoms with Crippen LogP contribution in [0.5, 0.6) is 11.5 Å². The van der Waals surface area contributed by atoms with E-state index in [-0.39, 0.29) is 22.9 Å². The van der Waals surface area contributed by atoms with Crippen molar-refractivity contribution in [1.82, 2.24) is 5.32 Å². The van der Waals surface area contributed by atoms with Gasteiger partial charge >= 0.3 is 0 Å². The van der Waals surface area contributed by atoms with Crippen molar-refractivity contribution in [2.24, 2.45) is 0 Å². The summed E-state index contributed by atoms with van der Waals surface area (Å²) in [4.78, 5) is 12.7. The van der Waals surface area contributed by atoms with Crippen LogP contribution in [0.2, 0.25) is 0 Å². The number of hydrogen-bond acceptors (Lipinski definition) is 6. The van der Waals surface area contributed by atoms with Crippen LogP contribution in [0.4, 0.5) is 5.69 Å². The Kier molecular flexibility index (Phi) is 6.63. The first-order valence-corrected chi connectivity index (χ1v) is 10.5. The van der Waals surface area contributed by atoms with E-state index >= 15 is 0 Å². The highest BCUT2D eigenvalue weighted by atomic mass is 32.2. The van der Waals surface area contributed by atoms with E-state index in [1.54, 1.807) is 42.5 Å².